The van der Waals surface area contributed by atoms with E-state index in [2.05, 4.69) is 13.2 Å². The molecule has 0 aromatic rings. The molecule has 5 atom stereocenters. The Balaban J connectivity index is 1.76. The van der Waals surface area contributed by atoms with E-state index in [9.17, 15) is 19.5 Å². The van der Waals surface area contributed by atoms with Gasteiger partial charge in [0.2, 0.25) is 17.7 Å². The highest BCUT2D eigenvalue weighted by Crippen LogP contribution is 2.64. The number of amides is 3. The van der Waals surface area contributed by atoms with Crippen molar-refractivity contribution in [1.29, 1.82) is 0 Å². The molecule has 0 radical (unpaired) electrons. The molecule has 3 saturated heterocycles. The predicted octanol–water partition coefficient (Wildman–Crippen LogP) is 3.69. The second kappa shape index (κ2) is 12.5. The highest BCUT2D eigenvalue weighted by molar-refractivity contribution is 5.99. The zero-order valence-electron chi connectivity index (χ0n) is 24.1. The summed E-state index contributed by atoms with van der Waals surface area (Å²) in [4.78, 5) is 48.6. The predicted molar refractivity (Wildman–Crippen MR) is 151 cm³/mol. The van der Waals surface area contributed by atoms with Crippen molar-refractivity contribution in [2.45, 2.75) is 108 Å². The van der Waals surface area contributed by atoms with Crippen LogP contribution in [0.1, 0.15) is 84.5 Å². The quantitative estimate of drug-likeness (QED) is 0.267. The molecular weight excluding hydrogens is 494 g/mol. The summed E-state index contributed by atoms with van der Waals surface area (Å²) in [6.07, 6.45) is 12.6. The summed E-state index contributed by atoms with van der Waals surface area (Å²) in [5.74, 6) is -1.56. The first-order valence-electron chi connectivity index (χ1n) is 15.3. The van der Waals surface area contributed by atoms with Gasteiger partial charge >= 0.3 is 0 Å². The third kappa shape index (κ3) is 5.08. The summed E-state index contributed by atoms with van der Waals surface area (Å²) >= 11 is 0. The van der Waals surface area contributed by atoms with Crippen molar-refractivity contribution < 1.29 is 24.2 Å². The number of fused-ring (bicyclic) bond motifs is 1. The topological polar surface area (TPSA) is 90.4 Å². The van der Waals surface area contributed by atoms with E-state index in [1.807, 2.05) is 18.7 Å². The van der Waals surface area contributed by atoms with Gasteiger partial charge in [-0.3, -0.25) is 14.4 Å². The molecule has 0 aromatic heterocycles. The molecule has 2 unspecified atom stereocenters. The van der Waals surface area contributed by atoms with Crippen molar-refractivity contribution in [3.63, 3.8) is 0 Å². The van der Waals surface area contributed by atoms with Crippen molar-refractivity contribution in [3.8, 4) is 0 Å². The molecule has 0 aromatic carbocycles. The molecule has 4 fully saturated rings. The molecule has 3 aliphatic heterocycles. The molecule has 4 aliphatic rings. The van der Waals surface area contributed by atoms with Crippen LogP contribution in [0.15, 0.2) is 25.3 Å². The van der Waals surface area contributed by atoms with E-state index in [0.717, 1.165) is 32.1 Å². The average Bonchev–Trinajstić information content (AvgIpc) is 3.55. The van der Waals surface area contributed by atoms with E-state index < -0.39 is 29.1 Å². The van der Waals surface area contributed by atoms with Crippen molar-refractivity contribution in [2.75, 3.05) is 32.8 Å². The average molecular weight is 544 g/mol. The van der Waals surface area contributed by atoms with E-state index in [-0.39, 0.29) is 30.4 Å². The Morgan fingerprint density at radius 2 is 1.79 bits per heavy atom. The fraction of sp³-hybridized carbons (Fsp3) is 0.774. The van der Waals surface area contributed by atoms with Gasteiger partial charge in [-0.2, -0.15) is 0 Å². The first-order valence-corrected chi connectivity index (χ1v) is 15.3. The Hall–Kier alpha value is -2.19. The maximum Gasteiger partial charge on any atom is 0.248 e. The third-order valence-corrected chi connectivity index (χ3v) is 9.77. The molecule has 8 heteroatoms. The molecule has 1 spiro atoms. The SMILES string of the molecule is C=CCN(CCC)C(=O)[C@@H]1[C@H]2C(=O)N(CCCCO)C(C(=O)N(CC=C)C3CCCCC3)C23CC[C@@]1(CC)O3. The molecular formula is C31H49N3O5. The highest BCUT2D eigenvalue weighted by atomic mass is 16.5. The number of carbonyl (C=O) groups is 3. The van der Waals surface area contributed by atoms with Crippen molar-refractivity contribution in [3.05, 3.63) is 25.3 Å². The van der Waals surface area contributed by atoms with Crippen molar-refractivity contribution in [2.24, 2.45) is 11.8 Å². The molecule has 1 saturated carbocycles. The number of unbranched alkanes of at least 4 members (excludes halogenated alkanes) is 1. The summed E-state index contributed by atoms with van der Waals surface area (Å²) in [7, 11) is 0. The molecule has 218 valence electrons. The lowest BCUT2D eigenvalue weighted by Crippen LogP contribution is -2.58. The van der Waals surface area contributed by atoms with Crippen LogP contribution in [0.25, 0.3) is 0 Å². The molecule has 1 N–H and O–H groups in total. The Kier molecular flexibility index (Phi) is 9.58. The van der Waals surface area contributed by atoms with E-state index in [0.29, 0.717) is 58.3 Å². The first-order chi connectivity index (χ1) is 18.9. The number of aliphatic hydroxyl groups excluding tert-OH is 1. The van der Waals surface area contributed by atoms with Gasteiger partial charge < -0.3 is 24.5 Å². The van der Waals surface area contributed by atoms with Crippen molar-refractivity contribution in [1.82, 2.24) is 14.7 Å². The maximum absolute atomic E-state index is 14.6. The minimum atomic E-state index is -1.01. The second-order valence-corrected chi connectivity index (χ2v) is 11.9. The standard InChI is InChI=1S/C31H49N3O5/c1-5-18-32(19-6-2)27(36)24-25-28(37)34(21-12-13-22-35)26(31(25)17-16-30(24,8-4)39-31)29(38)33(20-7-3)23-14-10-9-11-15-23/h5,7,23-26,35H,1,3,6,8-22H2,2,4H3/t24-,25-,26?,30+,31?/m0/s1. The number of hydrogen-bond acceptors (Lipinski definition) is 5. The summed E-state index contributed by atoms with van der Waals surface area (Å²) in [6, 6.07) is -0.640. The van der Waals surface area contributed by atoms with Gasteiger partial charge in [-0.05, 0) is 51.4 Å². The minimum absolute atomic E-state index is 0.0317. The number of ether oxygens (including phenoxy) is 1. The van der Waals surface area contributed by atoms with Crippen LogP contribution in [0.4, 0.5) is 0 Å². The third-order valence-electron chi connectivity index (χ3n) is 9.77. The van der Waals surface area contributed by atoms with E-state index in [1.54, 1.807) is 22.0 Å². The number of carbonyl (C=O) groups excluding carboxylic acids is 3. The molecule has 3 amide bonds. The molecule has 8 nitrogen and oxygen atoms in total. The number of aliphatic hydroxyl groups is 1. The van der Waals surface area contributed by atoms with Gasteiger partial charge in [-0.1, -0.05) is 45.3 Å². The molecule has 39 heavy (non-hydrogen) atoms. The second-order valence-electron chi connectivity index (χ2n) is 11.9. The normalized spacial score (nSPS) is 31.8. The number of hydrogen-bond donors (Lipinski definition) is 1. The monoisotopic (exact) mass is 543 g/mol. The maximum atomic E-state index is 14.6. The van der Waals surface area contributed by atoms with Crippen LogP contribution in [-0.4, -0.2) is 93.6 Å². The van der Waals surface area contributed by atoms with Gasteiger partial charge in [-0.25, -0.2) is 0 Å². The Morgan fingerprint density at radius 3 is 2.41 bits per heavy atom. The van der Waals surface area contributed by atoms with E-state index in [1.165, 1.54) is 6.42 Å². The number of likely N-dealkylation sites (tertiary alicyclic amines) is 1. The summed E-state index contributed by atoms with van der Waals surface area (Å²) < 4.78 is 6.96. The summed E-state index contributed by atoms with van der Waals surface area (Å²) in [5, 5.41) is 9.44. The smallest absolute Gasteiger partial charge is 0.248 e. The van der Waals surface area contributed by atoms with Crippen LogP contribution in [0.5, 0.6) is 0 Å². The van der Waals surface area contributed by atoms with Crippen LogP contribution < -0.4 is 0 Å². The van der Waals surface area contributed by atoms with E-state index in [4.69, 9.17) is 4.74 Å². The van der Waals surface area contributed by atoms with Gasteiger partial charge in [0.05, 0.1) is 17.4 Å². The lowest BCUT2D eigenvalue weighted by atomic mass is 9.64. The van der Waals surface area contributed by atoms with Gasteiger partial charge in [-0.15, -0.1) is 13.2 Å². The van der Waals surface area contributed by atoms with Crippen LogP contribution in [0, 0.1) is 11.8 Å². The fourth-order valence-corrected chi connectivity index (χ4v) is 8.03. The molecule has 1 aliphatic carbocycles. The van der Waals surface area contributed by atoms with Gasteiger partial charge in [0.1, 0.15) is 11.6 Å². The first kappa shape index (κ1) is 29.8. The van der Waals surface area contributed by atoms with Crippen LogP contribution in [-0.2, 0) is 19.1 Å². The minimum Gasteiger partial charge on any atom is -0.396 e. The lowest BCUT2D eigenvalue weighted by Gasteiger charge is -2.41. The Morgan fingerprint density at radius 1 is 1.08 bits per heavy atom. The largest absolute Gasteiger partial charge is 0.396 e. The highest BCUT2D eigenvalue weighted by Gasteiger charge is 2.79. The molecule has 3 heterocycles. The lowest BCUT2D eigenvalue weighted by molar-refractivity contribution is -0.156. The fourth-order valence-electron chi connectivity index (χ4n) is 8.03. The Labute approximate surface area is 234 Å². The number of rotatable bonds is 14. The van der Waals surface area contributed by atoms with Crippen LogP contribution in [0.2, 0.25) is 0 Å². The van der Waals surface area contributed by atoms with Gasteiger partial charge in [0.25, 0.3) is 0 Å². The molecule has 4 rings (SSSR count). The summed E-state index contributed by atoms with van der Waals surface area (Å²) in [6.45, 7) is 13.7. The van der Waals surface area contributed by atoms with Crippen LogP contribution >= 0.6 is 0 Å². The zero-order valence-corrected chi connectivity index (χ0v) is 24.1. The van der Waals surface area contributed by atoms with E-state index >= 15 is 0 Å². The number of nitrogens with zero attached hydrogens (tertiary/aromatic N) is 3. The van der Waals surface area contributed by atoms with Crippen LogP contribution in [0.3, 0.4) is 0 Å². The molecule has 2 bridgehead atoms. The van der Waals surface area contributed by atoms with Gasteiger partial charge in [0, 0.05) is 38.8 Å². The van der Waals surface area contributed by atoms with Gasteiger partial charge in [0.15, 0.2) is 0 Å². The van der Waals surface area contributed by atoms with Crippen molar-refractivity contribution >= 4 is 17.7 Å². The Bertz CT molecular complexity index is 933. The zero-order chi connectivity index (χ0) is 28.2. The summed E-state index contributed by atoms with van der Waals surface area (Å²) in [5.41, 5.74) is -1.75.